The van der Waals surface area contributed by atoms with E-state index in [9.17, 15) is 10.2 Å². The molecule has 0 heterocycles. The van der Waals surface area contributed by atoms with Gasteiger partial charge in [-0.15, -0.1) is 13.2 Å². The van der Waals surface area contributed by atoms with Crippen molar-refractivity contribution in [3.05, 3.63) is 91.0 Å². The van der Waals surface area contributed by atoms with Crippen LogP contribution >= 0.6 is 0 Å². The van der Waals surface area contributed by atoms with Gasteiger partial charge in [-0.2, -0.15) is 0 Å². The molecule has 2 aromatic rings. The Balaban J connectivity index is 1.86. The summed E-state index contributed by atoms with van der Waals surface area (Å²) in [6.45, 7) is 8.25. The van der Waals surface area contributed by atoms with Gasteiger partial charge in [0.25, 0.3) is 0 Å². The van der Waals surface area contributed by atoms with E-state index >= 15 is 0 Å². The molecule has 0 spiro atoms. The second kappa shape index (κ2) is 13.4. The first-order valence-electron chi connectivity index (χ1n) is 11.3. The van der Waals surface area contributed by atoms with Crippen LogP contribution in [-0.4, -0.2) is 67.2 Å². The highest BCUT2D eigenvalue weighted by atomic mass is 16.6. The minimum atomic E-state index is -1.24. The van der Waals surface area contributed by atoms with E-state index in [0.29, 0.717) is 0 Å². The van der Waals surface area contributed by atoms with Crippen LogP contribution in [0.1, 0.15) is 11.1 Å². The second-order valence-corrected chi connectivity index (χ2v) is 8.04. The lowest BCUT2D eigenvalue weighted by Crippen LogP contribution is -2.66. The first-order chi connectivity index (χ1) is 16.6. The van der Waals surface area contributed by atoms with E-state index in [-0.39, 0.29) is 26.4 Å². The zero-order valence-corrected chi connectivity index (χ0v) is 19.5. The van der Waals surface area contributed by atoms with Crippen molar-refractivity contribution in [3.63, 3.8) is 0 Å². The number of hydrogen-bond acceptors (Lipinski definition) is 7. The molecule has 0 radical (unpaired) electrons. The Bertz CT molecular complexity index is 870. The van der Waals surface area contributed by atoms with E-state index in [1.807, 2.05) is 54.6 Å². The Morgan fingerprint density at radius 3 is 1.59 bits per heavy atom. The minimum Gasteiger partial charge on any atom is -0.497 e. The predicted octanol–water partition coefficient (Wildman–Crippen LogP) is 3.04. The van der Waals surface area contributed by atoms with Gasteiger partial charge in [-0.1, -0.05) is 54.6 Å². The zero-order chi connectivity index (χ0) is 24.3. The van der Waals surface area contributed by atoms with Gasteiger partial charge in [0.2, 0.25) is 0 Å². The summed E-state index contributed by atoms with van der Waals surface area (Å²) in [5, 5.41) is 21.8. The van der Waals surface area contributed by atoms with Crippen LogP contribution in [-0.2, 0) is 32.2 Å². The quantitative estimate of drug-likeness (QED) is 0.435. The lowest BCUT2D eigenvalue weighted by atomic mass is 9.84. The van der Waals surface area contributed by atoms with Gasteiger partial charge in [0.05, 0.1) is 33.5 Å². The molecule has 2 aromatic carbocycles. The average Bonchev–Trinajstić information content (AvgIpc) is 2.88. The maximum atomic E-state index is 10.9. The van der Waals surface area contributed by atoms with Gasteiger partial charge in [0.1, 0.15) is 42.4 Å². The maximum absolute atomic E-state index is 10.9. The standard InChI is InChI=1S/C27H34O7/c1-4-15-31-24-22(28)23(29)25(32-16-5-2)27(26(24)33-17-19-9-7-6-8-10-19)34-18-20-11-13-21(30-3)14-12-20/h4-14,22-29H,1-2,15-18H2,3H3/t22-,23+,24-,25-,26+,27+/m0/s1. The summed E-state index contributed by atoms with van der Waals surface area (Å²) in [5.74, 6) is 0.745. The van der Waals surface area contributed by atoms with Crippen molar-refractivity contribution in [3.8, 4) is 5.75 Å². The van der Waals surface area contributed by atoms with Crippen LogP contribution in [0.4, 0.5) is 0 Å². The van der Waals surface area contributed by atoms with Crippen molar-refractivity contribution in [2.75, 3.05) is 20.3 Å². The van der Waals surface area contributed by atoms with E-state index < -0.39 is 36.6 Å². The van der Waals surface area contributed by atoms with Gasteiger partial charge in [-0.25, -0.2) is 0 Å². The monoisotopic (exact) mass is 470 g/mol. The predicted molar refractivity (Wildman–Crippen MR) is 128 cm³/mol. The molecule has 7 heteroatoms. The SMILES string of the molecule is C=CCO[C@H]1[C@H](O)[C@H](O)[C@H](OCC=C)[C@@H](OCc2ccccc2)[C@@H]1OCc1ccc(OC)cc1. The Morgan fingerprint density at radius 1 is 0.676 bits per heavy atom. The van der Waals surface area contributed by atoms with Crippen LogP contribution in [0.3, 0.4) is 0 Å². The van der Waals surface area contributed by atoms with E-state index in [1.54, 1.807) is 19.3 Å². The first kappa shape index (κ1) is 26.1. The molecule has 0 saturated heterocycles. The molecule has 1 saturated carbocycles. The van der Waals surface area contributed by atoms with Crippen LogP contribution in [0, 0.1) is 0 Å². The molecule has 184 valence electrons. The van der Waals surface area contributed by atoms with Gasteiger partial charge in [-0.3, -0.25) is 0 Å². The Labute approximate surface area is 201 Å². The molecule has 3 rings (SSSR count). The Kier molecular flexibility index (Phi) is 10.3. The fourth-order valence-electron chi connectivity index (χ4n) is 3.96. The average molecular weight is 471 g/mol. The first-order valence-corrected chi connectivity index (χ1v) is 11.3. The lowest BCUT2D eigenvalue weighted by molar-refractivity contribution is -0.266. The molecule has 1 aliphatic carbocycles. The molecular weight excluding hydrogens is 436 g/mol. The van der Waals surface area contributed by atoms with Gasteiger partial charge < -0.3 is 33.9 Å². The summed E-state index contributed by atoms with van der Waals surface area (Å²) >= 11 is 0. The summed E-state index contributed by atoms with van der Waals surface area (Å²) in [7, 11) is 1.61. The highest BCUT2D eigenvalue weighted by Gasteiger charge is 2.52. The highest BCUT2D eigenvalue weighted by molar-refractivity contribution is 5.26. The van der Waals surface area contributed by atoms with Crippen LogP contribution in [0.5, 0.6) is 5.75 Å². The number of hydrogen-bond donors (Lipinski definition) is 2. The van der Waals surface area contributed by atoms with Crippen LogP contribution in [0.15, 0.2) is 79.9 Å². The Hall–Kier alpha value is -2.52. The molecule has 0 bridgehead atoms. The van der Waals surface area contributed by atoms with E-state index in [4.69, 9.17) is 23.7 Å². The molecule has 34 heavy (non-hydrogen) atoms. The van der Waals surface area contributed by atoms with Crippen molar-refractivity contribution in [1.82, 2.24) is 0 Å². The molecule has 6 atom stereocenters. The molecular formula is C27H34O7. The van der Waals surface area contributed by atoms with E-state index in [2.05, 4.69) is 13.2 Å². The summed E-state index contributed by atoms with van der Waals surface area (Å²) in [4.78, 5) is 0. The van der Waals surface area contributed by atoms with E-state index in [0.717, 1.165) is 16.9 Å². The number of ether oxygens (including phenoxy) is 5. The largest absolute Gasteiger partial charge is 0.497 e. The molecule has 1 fully saturated rings. The maximum Gasteiger partial charge on any atom is 0.118 e. The van der Waals surface area contributed by atoms with Crippen molar-refractivity contribution in [1.29, 1.82) is 0 Å². The van der Waals surface area contributed by atoms with Gasteiger partial charge >= 0.3 is 0 Å². The highest BCUT2D eigenvalue weighted by Crippen LogP contribution is 2.32. The molecule has 0 unspecified atom stereocenters. The smallest absolute Gasteiger partial charge is 0.118 e. The minimum absolute atomic E-state index is 0.181. The van der Waals surface area contributed by atoms with Crippen molar-refractivity contribution in [2.45, 2.75) is 49.8 Å². The number of benzene rings is 2. The molecule has 7 nitrogen and oxygen atoms in total. The van der Waals surface area contributed by atoms with Crippen LogP contribution in [0.2, 0.25) is 0 Å². The summed E-state index contributed by atoms with van der Waals surface area (Å²) in [5.41, 5.74) is 1.87. The summed E-state index contributed by atoms with van der Waals surface area (Å²) < 4.78 is 29.5. The van der Waals surface area contributed by atoms with Crippen molar-refractivity contribution < 1.29 is 33.9 Å². The number of aliphatic hydroxyl groups excluding tert-OH is 2. The second-order valence-electron chi connectivity index (χ2n) is 8.04. The van der Waals surface area contributed by atoms with E-state index in [1.165, 1.54) is 0 Å². The fourth-order valence-corrected chi connectivity index (χ4v) is 3.96. The third-order valence-electron chi connectivity index (χ3n) is 5.69. The van der Waals surface area contributed by atoms with Crippen LogP contribution < -0.4 is 4.74 Å². The molecule has 0 aliphatic heterocycles. The molecule has 1 aliphatic rings. The van der Waals surface area contributed by atoms with Gasteiger partial charge in [-0.05, 0) is 23.3 Å². The molecule has 2 N–H and O–H groups in total. The number of rotatable bonds is 13. The fraction of sp³-hybridized carbons (Fsp3) is 0.407. The van der Waals surface area contributed by atoms with Gasteiger partial charge in [0, 0.05) is 0 Å². The van der Waals surface area contributed by atoms with Gasteiger partial charge in [0.15, 0.2) is 0 Å². The third kappa shape index (κ3) is 6.76. The van der Waals surface area contributed by atoms with Crippen molar-refractivity contribution in [2.24, 2.45) is 0 Å². The van der Waals surface area contributed by atoms with Crippen LogP contribution in [0.25, 0.3) is 0 Å². The third-order valence-corrected chi connectivity index (χ3v) is 5.69. The zero-order valence-electron chi connectivity index (χ0n) is 19.5. The molecule has 0 amide bonds. The Morgan fingerprint density at radius 2 is 1.15 bits per heavy atom. The number of methoxy groups -OCH3 is 1. The lowest BCUT2D eigenvalue weighted by Gasteiger charge is -2.46. The normalized spacial score (nSPS) is 26.7. The number of aliphatic hydroxyl groups is 2. The topological polar surface area (TPSA) is 86.6 Å². The van der Waals surface area contributed by atoms with Crippen molar-refractivity contribution >= 4 is 0 Å². The molecule has 0 aromatic heterocycles. The summed E-state index contributed by atoms with van der Waals surface area (Å²) in [6.07, 6.45) is -2.45. The summed E-state index contributed by atoms with van der Waals surface area (Å²) in [6, 6.07) is 17.2.